The minimum atomic E-state index is -3.72. The molecule has 1 aromatic carbocycles. The molecule has 0 saturated carbocycles. The van der Waals surface area contributed by atoms with Crippen molar-refractivity contribution in [3.8, 4) is 0 Å². The zero-order valence-corrected chi connectivity index (χ0v) is 12.3. The lowest BCUT2D eigenvalue weighted by Gasteiger charge is -2.09. The van der Waals surface area contributed by atoms with E-state index in [0.717, 1.165) is 34.5 Å². The molecule has 0 atom stereocenters. The van der Waals surface area contributed by atoms with E-state index < -0.39 is 10.0 Å². The molecule has 3 rings (SSSR count). The Morgan fingerprint density at radius 1 is 1.33 bits per heavy atom. The Kier molecular flexibility index (Phi) is 3.27. The van der Waals surface area contributed by atoms with E-state index in [1.807, 2.05) is 18.3 Å². The van der Waals surface area contributed by atoms with Gasteiger partial charge in [0.2, 0.25) is 10.0 Å². The van der Waals surface area contributed by atoms with Crippen LogP contribution >= 0.6 is 0 Å². The van der Waals surface area contributed by atoms with E-state index in [0.29, 0.717) is 0 Å². The van der Waals surface area contributed by atoms with Gasteiger partial charge in [0.15, 0.2) is 0 Å². The van der Waals surface area contributed by atoms with E-state index >= 15 is 0 Å². The number of aromatic amines is 1. The van der Waals surface area contributed by atoms with Gasteiger partial charge in [0.25, 0.3) is 0 Å². The summed E-state index contributed by atoms with van der Waals surface area (Å²) in [4.78, 5) is 7.63. The number of nitrogens with two attached hydrogens (primary N) is 1. The van der Waals surface area contributed by atoms with Gasteiger partial charge < -0.3 is 4.98 Å². The van der Waals surface area contributed by atoms with Crippen LogP contribution in [0.5, 0.6) is 0 Å². The number of aromatic nitrogens is 1. The molecule has 6 heteroatoms. The normalized spacial score (nSPS) is 16.1. The van der Waals surface area contributed by atoms with Gasteiger partial charge in [0.05, 0.1) is 10.6 Å². The first-order chi connectivity index (χ1) is 10.0. The van der Waals surface area contributed by atoms with Crippen molar-refractivity contribution >= 4 is 33.1 Å². The average molecular weight is 301 g/mol. The zero-order chi connectivity index (χ0) is 15.0. The van der Waals surface area contributed by atoms with E-state index in [4.69, 9.17) is 5.14 Å². The van der Waals surface area contributed by atoms with Crippen LogP contribution < -0.4 is 5.14 Å². The van der Waals surface area contributed by atoms with Crippen LogP contribution in [0.1, 0.15) is 24.6 Å². The number of sulfonamides is 1. The van der Waals surface area contributed by atoms with Gasteiger partial charge in [-0.25, -0.2) is 13.6 Å². The lowest BCUT2D eigenvalue weighted by atomic mass is 9.97. The molecule has 5 nitrogen and oxygen atoms in total. The van der Waals surface area contributed by atoms with Crippen molar-refractivity contribution < 1.29 is 8.42 Å². The van der Waals surface area contributed by atoms with Crippen LogP contribution in [0.2, 0.25) is 0 Å². The Bertz CT molecular complexity index is 847. The highest BCUT2D eigenvalue weighted by Crippen LogP contribution is 2.38. The molecule has 0 spiro atoms. The van der Waals surface area contributed by atoms with E-state index in [-0.39, 0.29) is 4.90 Å². The fraction of sp³-hybridized carbons (Fsp3) is 0.133. The van der Waals surface area contributed by atoms with Gasteiger partial charge in [0, 0.05) is 29.2 Å². The Labute approximate surface area is 123 Å². The van der Waals surface area contributed by atoms with Crippen LogP contribution in [0.3, 0.4) is 0 Å². The summed E-state index contributed by atoms with van der Waals surface area (Å²) < 4.78 is 23.0. The summed E-state index contributed by atoms with van der Waals surface area (Å²) in [5.74, 6) is 0. The number of allylic oxidation sites excluding steroid dienone is 2. The molecular weight excluding hydrogens is 286 g/mol. The van der Waals surface area contributed by atoms with Crippen LogP contribution in [0.4, 0.5) is 5.69 Å². The van der Waals surface area contributed by atoms with E-state index in [9.17, 15) is 8.42 Å². The molecule has 0 bridgehead atoms. The molecule has 21 heavy (non-hydrogen) atoms. The van der Waals surface area contributed by atoms with Gasteiger partial charge in [-0.05, 0) is 42.3 Å². The van der Waals surface area contributed by atoms with Gasteiger partial charge in [-0.15, -0.1) is 0 Å². The second-order valence-corrected chi connectivity index (χ2v) is 6.37. The number of H-pyrrole nitrogens is 1. The first-order valence-electron chi connectivity index (χ1n) is 6.59. The number of primary sulfonamides is 1. The lowest BCUT2D eigenvalue weighted by Crippen LogP contribution is -2.12. The number of nitrogens with zero attached hydrogens (tertiary/aromatic N) is 1. The zero-order valence-electron chi connectivity index (χ0n) is 11.5. The summed E-state index contributed by atoms with van der Waals surface area (Å²) in [7, 11) is -3.72. The van der Waals surface area contributed by atoms with Crippen molar-refractivity contribution in [3.05, 3.63) is 47.8 Å². The number of aliphatic imine (C=N–C) groups is 1. The van der Waals surface area contributed by atoms with Crippen molar-refractivity contribution in [2.24, 2.45) is 10.1 Å². The number of fused-ring (bicyclic) bond motifs is 1. The third-order valence-corrected chi connectivity index (χ3v) is 4.43. The Morgan fingerprint density at radius 2 is 2.14 bits per heavy atom. The summed E-state index contributed by atoms with van der Waals surface area (Å²) in [6.45, 7) is 2.05. The summed E-state index contributed by atoms with van der Waals surface area (Å²) >= 11 is 0. The second kappa shape index (κ2) is 4.98. The molecule has 108 valence electrons. The molecular formula is C15H15N3O2S. The monoisotopic (exact) mass is 301 g/mol. The molecule has 3 N–H and O–H groups in total. The Balaban J connectivity index is 2.21. The Hall–Kier alpha value is -2.18. The van der Waals surface area contributed by atoms with Gasteiger partial charge in [0.1, 0.15) is 0 Å². The van der Waals surface area contributed by atoms with Crippen LogP contribution in [-0.2, 0) is 10.0 Å². The molecule has 2 heterocycles. The highest BCUT2D eigenvalue weighted by atomic mass is 32.2. The molecule has 0 radical (unpaired) electrons. The molecule has 1 aliphatic rings. The van der Waals surface area contributed by atoms with Crippen molar-refractivity contribution in [2.45, 2.75) is 18.2 Å². The molecule has 1 aromatic heterocycles. The molecule has 2 aromatic rings. The largest absolute Gasteiger partial charge is 0.361 e. The van der Waals surface area contributed by atoms with Crippen LogP contribution in [0.15, 0.2) is 46.4 Å². The van der Waals surface area contributed by atoms with Gasteiger partial charge >= 0.3 is 0 Å². The maximum Gasteiger partial charge on any atom is 0.238 e. The summed E-state index contributed by atoms with van der Waals surface area (Å²) in [6.07, 6.45) is 4.44. The average Bonchev–Trinajstić information content (AvgIpc) is 3.08. The van der Waals surface area contributed by atoms with Crippen molar-refractivity contribution in [2.75, 3.05) is 0 Å². The first kappa shape index (κ1) is 13.8. The summed E-state index contributed by atoms with van der Waals surface area (Å²) in [5, 5.41) is 5.21. The predicted octanol–water partition coefficient (Wildman–Crippen LogP) is 2.70. The maximum atomic E-state index is 11.5. The van der Waals surface area contributed by atoms with Crippen LogP contribution in [0, 0.1) is 0 Å². The third kappa shape index (κ3) is 2.43. The molecule has 1 aliphatic heterocycles. The fourth-order valence-corrected chi connectivity index (χ4v) is 3.05. The fourth-order valence-electron chi connectivity index (χ4n) is 2.51. The van der Waals surface area contributed by atoms with E-state index in [2.05, 4.69) is 16.9 Å². The third-order valence-electron chi connectivity index (χ3n) is 3.52. The number of rotatable bonds is 3. The first-order valence-corrected chi connectivity index (χ1v) is 8.13. The van der Waals surface area contributed by atoms with Gasteiger partial charge in [-0.1, -0.05) is 6.92 Å². The van der Waals surface area contributed by atoms with E-state index in [1.54, 1.807) is 18.3 Å². The highest BCUT2D eigenvalue weighted by molar-refractivity contribution is 7.89. The van der Waals surface area contributed by atoms with Crippen molar-refractivity contribution in [1.82, 2.24) is 4.98 Å². The Morgan fingerprint density at radius 3 is 2.76 bits per heavy atom. The second-order valence-electron chi connectivity index (χ2n) is 4.81. The number of benzene rings is 1. The number of nitrogens with one attached hydrogen (secondary N) is 1. The molecule has 0 aliphatic carbocycles. The standard InChI is InChI=1S/C15H15N3O2S/c1-2-11(14-4-3-7-17-14)13-9-18-15-6-5-10(8-12(13)15)21(16,19)20/h3-9,17H,2H2,1H3,(H2,16,19,20). The molecule has 0 saturated heterocycles. The van der Waals surface area contributed by atoms with Crippen molar-refractivity contribution in [1.29, 1.82) is 0 Å². The minimum absolute atomic E-state index is 0.103. The maximum absolute atomic E-state index is 11.5. The lowest BCUT2D eigenvalue weighted by molar-refractivity contribution is 0.598. The quantitative estimate of drug-likeness (QED) is 0.913. The van der Waals surface area contributed by atoms with Gasteiger partial charge in [-0.3, -0.25) is 4.99 Å². The summed E-state index contributed by atoms with van der Waals surface area (Å²) in [5.41, 5.74) is 4.59. The summed E-state index contributed by atoms with van der Waals surface area (Å²) in [6, 6.07) is 8.67. The molecule has 0 amide bonds. The molecule has 0 unspecified atom stereocenters. The van der Waals surface area contributed by atoms with Gasteiger partial charge in [-0.2, -0.15) is 0 Å². The van der Waals surface area contributed by atoms with Crippen LogP contribution in [0.25, 0.3) is 11.1 Å². The van der Waals surface area contributed by atoms with Crippen molar-refractivity contribution in [3.63, 3.8) is 0 Å². The minimum Gasteiger partial charge on any atom is -0.361 e. The van der Waals surface area contributed by atoms with E-state index in [1.165, 1.54) is 6.07 Å². The van der Waals surface area contributed by atoms with Crippen LogP contribution in [-0.4, -0.2) is 19.6 Å². The smallest absolute Gasteiger partial charge is 0.238 e. The SMILES string of the molecule is CCC(=C1C=Nc2ccc(S(N)(=O)=O)cc21)c1ccc[nH]1. The topological polar surface area (TPSA) is 88.3 Å². The number of hydrogen-bond acceptors (Lipinski definition) is 3. The predicted molar refractivity (Wildman–Crippen MR) is 83.9 cm³/mol. The molecule has 0 fully saturated rings. The highest BCUT2D eigenvalue weighted by Gasteiger charge is 2.20. The number of hydrogen-bond donors (Lipinski definition) is 2.